The predicted molar refractivity (Wildman–Crippen MR) is 117 cm³/mol. The Balaban J connectivity index is 1.43. The molecule has 4 heterocycles. The van der Waals surface area contributed by atoms with E-state index in [1.165, 1.54) is 0 Å². The first-order chi connectivity index (χ1) is 14.6. The molecule has 0 amide bonds. The third-order valence-corrected chi connectivity index (χ3v) is 6.15. The molecule has 1 fully saturated rings. The summed E-state index contributed by atoms with van der Waals surface area (Å²) in [5.74, 6) is 1.62. The van der Waals surface area contributed by atoms with Crippen molar-refractivity contribution in [3.8, 4) is 16.3 Å². The molecule has 0 atom stereocenters. The normalized spacial score (nSPS) is 14.5. The lowest BCUT2D eigenvalue weighted by Gasteiger charge is -2.30. The lowest BCUT2D eigenvalue weighted by atomic mass is 9.94. The van der Waals surface area contributed by atoms with Gasteiger partial charge in [0.2, 0.25) is 0 Å². The minimum Gasteiger partial charge on any atom is -0.497 e. The fourth-order valence-electron chi connectivity index (χ4n) is 3.48. The quantitative estimate of drug-likeness (QED) is 0.585. The van der Waals surface area contributed by atoms with Crippen molar-refractivity contribution in [2.45, 2.75) is 19.3 Å². The van der Waals surface area contributed by atoms with Crippen LogP contribution < -0.4 is 15.0 Å². The number of rotatable bonds is 7. The third kappa shape index (κ3) is 4.85. The van der Waals surface area contributed by atoms with E-state index in [4.69, 9.17) is 14.8 Å². The molecule has 3 aromatic rings. The van der Waals surface area contributed by atoms with E-state index >= 15 is 0 Å². The summed E-state index contributed by atoms with van der Waals surface area (Å²) in [6, 6.07) is 9.40. The lowest BCUT2D eigenvalue weighted by Crippen LogP contribution is -2.34. The average Bonchev–Trinajstić information content (AvgIpc) is 3.24. The molecular formula is C21H23N5O3S. The van der Waals surface area contributed by atoms with E-state index in [2.05, 4.69) is 20.2 Å². The number of carboxylic acids is 1. The zero-order chi connectivity index (χ0) is 20.9. The number of methoxy groups -OCH3 is 1. The van der Waals surface area contributed by atoms with Crippen molar-refractivity contribution in [2.75, 3.05) is 30.4 Å². The van der Waals surface area contributed by atoms with E-state index < -0.39 is 5.97 Å². The number of ether oxygens (including phenoxy) is 1. The molecule has 0 unspecified atom stereocenters. The molecule has 0 saturated carbocycles. The van der Waals surface area contributed by atoms with Gasteiger partial charge in [-0.2, -0.15) is 0 Å². The van der Waals surface area contributed by atoms with Crippen LogP contribution in [0.25, 0.3) is 10.6 Å². The number of hydrogen-bond acceptors (Lipinski definition) is 8. The fraction of sp³-hybridized carbons (Fsp3) is 0.333. The Morgan fingerprint density at radius 2 is 2.10 bits per heavy atom. The van der Waals surface area contributed by atoms with Crippen molar-refractivity contribution in [2.24, 2.45) is 5.92 Å². The Morgan fingerprint density at radius 1 is 1.27 bits per heavy atom. The maximum Gasteiger partial charge on any atom is 0.303 e. The van der Waals surface area contributed by atoms with E-state index in [0.29, 0.717) is 11.6 Å². The highest BCUT2D eigenvalue weighted by atomic mass is 32.1. The molecular weight excluding hydrogens is 402 g/mol. The lowest BCUT2D eigenvalue weighted by molar-refractivity contribution is -0.138. The standard InChI is InChI=1S/C21H23N5O3S/c1-29-15-5-8-22-19(12-15)25-18-4-2-3-16(24-18)17-13-23-21(30-17)26-9-6-14(7-10-26)11-20(27)28/h2-5,8,12-14H,6-7,9-11H2,1H3,(H,27,28)(H,22,24,25). The fourth-order valence-corrected chi connectivity index (χ4v) is 4.42. The summed E-state index contributed by atoms with van der Waals surface area (Å²) < 4.78 is 5.23. The molecule has 156 valence electrons. The van der Waals surface area contributed by atoms with Crippen LogP contribution in [0, 0.1) is 5.92 Å². The summed E-state index contributed by atoms with van der Waals surface area (Å²) in [6.45, 7) is 1.67. The SMILES string of the molecule is COc1ccnc(Nc2cccc(-c3cnc(N4CCC(CC(=O)O)CC4)s3)n2)c1. The zero-order valence-electron chi connectivity index (χ0n) is 16.6. The van der Waals surface area contributed by atoms with Gasteiger partial charge in [-0.05, 0) is 37.0 Å². The maximum absolute atomic E-state index is 10.9. The Morgan fingerprint density at radius 3 is 2.87 bits per heavy atom. The van der Waals surface area contributed by atoms with Gasteiger partial charge in [0.05, 0.1) is 17.7 Å². The van der Waals surface area contributed by atoms with Gasteiger partial charge in [-0.15, -0.1) is 0 Å². The molecule has 3 aromatic heterocycles. The number of carboxylic acid groups (broad SMARTS) is 1. The smallest absolute Gasteiger partial charge is 0.303 e. The first-order valence-corrected chi connectivity index (χ1v) is 10.6. The molecule has 0 aliphatic carbocycles. The molecule has 30 heavy (non-hydrogen) atoms. The van der Waals surface area contributed by atoms with Gasteiger partial charge in [-0.1, -0.05) is 17.4 Å². The van der Waals surface area contributed by atoms with Gasteiger partial charge in [0.15, 0.2) is 5.13 Å². The number of hydrogen-bond donors (Lipinski definition) is 2. The van der Waals surface area contributed by atoms with Crippen LogP contribution in [0.5, 0.6) is 5.75 Å². The first-order valence-electron chi connectivity index (χ1n) is 9.78. The molecule has 0 bridgehead atoms. The van der Waals surface area contributed by atoms with Gasteiger partial charge >= 0.3 is 5.97 Å². The van der Waals surface area contributed by atoms with Gasteiger partial charge in [0.1, 0.15) is 17.4 Å². The van der Waals surface area contributed by atoms with Crippen LogP contribution >= 0.6 is 11.3 Å². The molecule has 4 rings (SSSR count). The van der Waals surface area contributed by atoms with Crippen LogP contribution in [-0.2, 0) is 4.79 Å². The van der Waals surface area contributed by atoms with E-state index in [0.717, 1.165) is 47.4 Å². The van der Waals surface area contributed by atoms with E-state index in [1.807, 2.05) is 30.5 Å². The van der Waals surface area contributed by atoms with Crippen LogP contribution in [0.4, 0.5) is 16.8 Å². The molecule has 9 heteroatoms. The monoisotopic (exact) mass is 425 g/mol. The topological polar surface area (TPSA) is 100 Å². The second kappa shape index (κ2) is 9.08. The predicted octanol–water partition coefficient (Wildman–Crippen LogP) is 4.04. The Hall–Kier alpha value is -3.20. The molecule has 2 N–H and O–H groups in total. The summed E-state index contributed by atoms with van der Waals surface area (Å²) in [7, 11) is 1.62. The Labute approximate surface area is 178 Å². The number of piperidine rings is 1. The number of aliphatic carboxylic acids is 1. The van der Waals surface area contributed by atoms with Crippen molar-refractivity contribution in [3.63, 3.8) is 0 Å². The minimum atomic E-state index is -0.714. The Kier molecular flexibility index (Phi) is 6.08. The maximum atomic E-state index is 10.9. The summed E-state index contributed by atoms with van der Waals surface area (Å²) in [5.41, 5.74) is 0.840. The van der Waals surface area contributed by atoms with Crippen molar-refractivity contribution in [1.29, 1.82) is 0 Å². The molecule has 0 spiro atoms. The van der Waals surface area contributed by atoms with E-state index in [-0.39, 0.29) is 12.3 Å². The van der Waals surface area contributed by atoms with Gasteiger partial charge in [-0.25, -0.2) is 15.0 Å². The molecule has 1 saturated heterocycles. The third-order valence-electron chi connectivity index (χ3n) is 5.07. The van der Waals surface area contributed by atoms with Crippen LogP contribution in [0.1, 0.15) is 19.3 Å². The number of anilines is 3. The van der Waals surface area contributed by atoms with Crippen LogP contribution in [0.15, 0.2) is 42.7 Å². The summed E-state index contributed by atoms with van der Waals surface area (Å²) in [5, 5.41) is 13.1. The highest BCUT2D eigenvalue weighted by Crippen LogP contribution is 2.33. The summed E-state index contributed by atoms with van der Waals surface area (Å²) in [6.07, 6.45) is 5.54. The van der Waals surface area contributed by atoms with Gasteiger partial charge < -0.3 is 20.1 Å². The second-order valence-corrected chi connectivity index (χ2v) is 8.16. The first kappa shape index (κ1) is 20.1. The van der Waals surface area contributed by atoms with Crippen molar-refractivity contribution in [3.05, 3.63) is 42.7 Å². The Bertz CT molecular complexity index is 1020. The number of aromatic nitrogens is 3. The number of carbonyl (C=O) groups is 1. The van der Waals surface area contributed by atoms with Crippen LogP contribution in [-0.4, -0.2) is 46.2 Å². The van der Waals surface area contributed by atoms with Crippen LogP contribution in [0.2, 0.25) is 0 Å². The molecule has 1 aliphatic rings. The van der Waals surface area contributed by atoms with Crippen LogP contribution in [0.3, 0.4) is 0 Å². The largest absolute Gasteiger partial charge is 0.497 e. The summed E-state index contributed by atoms with van der Waals surface area (Å²) in [4.78, 5) is 27.7. The number of pyridine rings is 2. The molecule has 8 nitrogen and oxygen atoms in total. The van der Waals surface area contributed by atoms with E-state index in [9.17, 15) is 4.79 Å². The molecule has 0 aromatic carbocycles. The minimum absolute atomic E-state index is 0.253. The zero-order valence-corrected chi connectivity index (χ0v) is 17.4. The highest BCUT2D eigenvalue weighted by molar-refractivity contribution is 7.18. The summed E-state index contributed by atoms with van der Waals surface area (Å²) >= 11 is 1.60. The second-order valence-electron chi connectivity index (χ2n) is 7.15. The molecule has 1 aliphatic heterocycles. The highest BCUT2D eigenvalue weighted by Gasteiger charge is 2.23. The number of nitrogens with one attached hydrogen (secondary N) is 1. The van der Waals surface area contributed by atoms with Gasteiger partial charge in [0, 0.05) is 38.0 Å². The van der Waals surface area contributed by atoms with Crippen molar-refractivity contribution >= 4 is 34.1 Å². The number of nitrogens with zero attached hydrogens (tertiary/aromatic N) is 4. The molecule has 0 radical (unpaired) electrons. The average molecular weight is 426 g/mol. The van der Waals surface area contributed by atoms with Gasteiger partial charge in [-0.3, -0.25) is 4.79 Å². The van der Waals surface area contributed by atoms with Gasteiger partial charge in [0.25, 0.3) is 0 Å². The van der Waals surface area contributed by atoms with Crippen molar-refractivity contribution < 1.29 is 14.6 Å². The van der Waals surface area contributed by atoms with E-state index in [1.54, 1.807) is 30.7 Å². The van der Waals surface area contributed by atoms with Crippen molar-refractivity contribution in [1.82, 2.24) is 15.0 Å². The number of thiazole rings is 1.